The van der Waals surface area contributed by atoms with Crippen LogP contribution in [0.1, 0.15) is 46.5 Å². The maximum Gasteiger partial charge on any atom is 0.193 e. The van der Waals surface area contributed by atoms with Gasteiger partial charge >= 0.3 is 0 Å². The fraction of sp³-hybridized carbons (Fsp3) is 0.938. The van der Waals surface area contributed by atoms with Gasteiger partial charge in [0.2, 0.25) is 0 Å². The number of guanidine groups is 1. The highest BCUT2D eigenvalue weighted by atomic mass is 15.3. The van der Waals surface area contributed by atoms with Gasteiger partial charge in [-0.25, -0.2) is 0 Å². The average molecular weight is 280 g/mol. The number of hydrogen-bond donors (Lipinski definition) is 1. The van der Waals surface area contributed by atoms with Crippen LogP contribution in [0.4, 0.5) is 0 Å². The van der Waals surface area contributed by atoms with Crippen molar-refractivity contribution in [1.82, 2.24) is 15.1 Å². The van der Waals surface area contributed by atoms with Crippen LogP contribution in [0, 0.1) is 5.92 Å². The molecule has 1 unspecified atom stereocenters. The van der Waals surface area contributed by atoms with Crippen LogP contribution in [-0.2, 0) is 0 Å². The van der Waals surface area contributed by atoms with Gasteiger partial charge in [0, 0.05) is 31.7 Å². The van der Waals surface area contributed by atoms with E-state index in [2.05, 4.69) is 42.9 Å². The Morgan fingerprint density at radius 3 is 2.50 bits per heavy atom. The normalized spacial score (nSPS) is 23.2. The Bertz CT molecular complexity index is 316. The maximum atomic E-state index is 4.88. The molecular weight excluding hydrogens is 248 g/mol. The van der Waals surface area contributed by atoms with Crippen molar-refractivity contribution in [3.8, 4) is 0 Å². The van der Waals surface area contributed by atoms with Crippen LogP contribution in [-0.4, -0.2) is 61.1 Å². The Hall–Kier alpha value is -0.770. The third kappa shape index (κ3) is 4.37. The molecule has 2 aliphatic rings. The zero-order valence-corrected chi connectivity index (χ0v) is 13.7. The van der Waals surface area contributed by atoms with Gasteiger partial charge in [0.05, 0.1) is 6.54 Å². The molecule has 0 aromatic carbocycles. The van der Waals surface area contributed by atoms with Gasteiger partial charge in [0.25, 0.3) is 0 Å². The van der Waals surface area contributed by atoms with Crippen LogP contribution in [0.25, 0.3) is 0 Å². The van der Waals surface area contributed by atoms with Gasteiger partial charge in [0.15, 0.2) is 5.96 Å². The van der Waals surface area contributed by atoms with Crippen LogP contribution < -0.4 is 5.32 Å². The van der Waals surface area contributed by atoms with E-state index in [1.54, 1.807) is 0 Å². The summed E-state index contributed by atoms with van der Waals surface area (Å²) in [4.78, 5) is 9.81. The van der Waals surface area contributed by atoms with Crippen molar-refractivity contribution in [3.63, 3.8) is 0 Å². The van der Waals surface area contributed by atoms with Gasteiger partial charge in [-0.1, -0.05) is 6.92 Å². The van der Waals surface area contributed by atoms with Crippen molar-refractivity contribution in [1.29, 1.82) is 0 Å². The third-order valence-electron chi connectivity index (χ3n) is 4.74. The molecule has 0 radical (unpaired) electrons. The fourth-order valence-electron chi connectivity index (χ4n) is 2.84. The molecule has 0 spiro atoms. The lowest BCUT2D eigenvalue weighted by Gasteiger charge is -2.33. The molecule has 1 atom stereocenters. The molecule has 1 aliphatic carbocycles. The molecule has 116 valence electrons. The van der Waals surface area contributed by atoms with Crippen LogP contribution in [0.3, 0.4) is 0 Å². The second kappa shape index (κ2) is 7.30. The van der Waals surface area contributed by atoms with Gasteiger partial charge in [-0.15, -0.1) is 0 Å². The molecule has 0 aromatic heterocycles. The highest BCUT2D eigenvalue weighted by molar-refractivity contribution is 5.80. The number of hydrogen-bond acceptors (Lipinski definition) is 2. The molecule has 1 N–H and O–H groups in total. The first-order valence-electron chi connectivity index (χ1n) is 8.37. The topological polar surface area (TPSA) is 30.9 Å². The van der Waals surface area contributed by atoms with Crippen LogP contribution in [0.5, 0.6) is 0 Å². The molecule has 1 heterocycles. The zero-order valence-electron chi connectivity index (χ0n) is 13.7. The van der Waals surface area contributed by atoms with Gasteiger partial charge in [0.1, 0.15) is 0 Å². The summed E-state index contributed by atoms with van der Waals surface area (Å²) in [6.45, 7) is 11.0. The van der Waals surface area contributed by atoms with Crippen molar-refractivity contribution in [3.05, 3.63) is 0 Å². The molecule has 20 heavy (non-hydrogen) atoms. The molecule has 0 bridgehead atoms. The maximum absolute atomic E-state index is 4.88. The molecule has 4 heteroatoms. The molecule has 2 fully saturated rings. The van der Waals surface area contributed by atoms with E-state index in [0.717, 1.165) is 44.1 Å². The molecule has 1 aliphatic heterocycles. The number of nitrogens with zero attached hydrogens (tertiary/aromatic N) is 3. The minimum Gasteiger partial charge on any atom is -0.357 e. The van der Waals surface area contributed by atoms with E-state index in [1.165, 1.54) is 25.7 Å². The lowest BCUT2D eigenvalue weighted by atomic mass is 10.00. The molecule has 4 nitrogen and oxygen atoms in total. The Morgan fingerprint density at radius 2 is 1.95 bits per heavy atom. The first kappa shape index (κ1) is 15.6. The van der Waals surface area contributed by atoms with Crippen molar-refractivity contribution >= 4 is 5.96 Å². The monoisotopic (exact) mass is 280 g/mol. The summed E-state index contributed by atoms with van der Waals surface area (Å²) >= 11 is 0. The number of likely N-dealkylation sites (tertiary alicyclic amines) is 1. The Kier molecular flexibility index (Phi) is 5.70. The second-order valence-corrected chi connectivity index (χ2v) is 6.61. The summed E-state index contributed by atoms with van der Waals surface area (Å²) < 4.78 is 0. The lowest BCUT2D eigenvalue weighted by Crippen LogP contribution is -2.46. The summed E-state index contributed by atoms with van der Waals surface area (Å²) in [6.07, 6.45) is 5.33. The van der Waals surface area contributed by atoms with E-state index in [9.17, 15) is 0 Å². The molecule has 0 aromatic rings. The highest BCUT2D eigenvalue weighted by Gasteiger charge is 2.29. The average Bonchev–Trinajstić information content (AvgIpc) is 3.28. The van der Waals surface area contributed by atoms with Gasteiger partial charge in [-0.3, -0.25) is 9.89 Å². The van der Waals surface area contributed by atoms with E-state index in [0.29, 0.717) is 6.04 Å². The van der Waals surface area contributed by atoms with E-state index in [1.807, 2.05) is 0 Å². The number of rotatable bonds is 5. The van der Waals surface area contributed by atoms with Gasteiger partial charge in [-0.2, -0.15) is 0 Å². The summed E-state index contributed by atoms with van der Waals surface area (Å²) in [7, 11) is 2.24. The SMILES string of the molecule is CCNC(=NCC(C)N(C)C1CC1)N1CCC(C)CC1. The molecule has 2 rings (SSSR count). The van der Waals surface area contributed by atoms with Crippen molar-refractivity contribution in [2.24, 2.45) is 10.9 Å². The number of likely N-dealkylation sites (N-methyl/N-ethyl adjacent to an activating group) is 1. The minimum atomic E-state index is 0.542. The third-order valence-corrected chi connectivity index (χ3v) is 4.74. The van der Waals surface area contributed by atoms with Crippen molar-refractivity contribution in [2.45, 2.75) is 58.5 Å². The van der Waals surface area contributed by atoms with Crippen LogP contribution in [0.2, 0.25) is 0 Å². The number of nitrogens with one attached hydrogen (secondary N) is 1. The van der Waals surface area contributed by atoms with Crippen molar-refractivity contribution in [2.75, 3.05) is 33.2 Å². The van der Waals surface area contributed by atoms with E-state index < -0.39 is 0 Å². The fourth-order valence-corrected chi connectivity index (χ4v) is 2.84. The molecular formula is C16H32N4. The Labute approximate surface area is 124 Å². The quantitative estimate of drug-likeness (QED) is 0.618. The standard InChI is InChI=1S/C16H32N4/c1-5-17-16(20-10-8-13(2)9-11-20)18-12-14(3)19(4)15-6-7-15/h13-15H,5-12H2,1-4H3,(H,17,18). The zero-order chi connectivity index (χ0) is 14.5. The summed E-state index contributed by atoms with van der Waals surface area (Å²) in [5, 5.41) is 3.46. The van der Waals surface area contributed by atoms with E-state index >= 15 is 0 Å². The van der Waals surface area contributed by atoms with E-state index in [-0.39, 0.29) is 0 Å². The largest absolute Gasteiger partial charge is 0.357 e. The first-order chi connectivity index (χ1) is 9.61. The number of aliphatic imine (C=N–C) groups is 1. The van der Waals surface area contributed by atoms with Gasteiger partial charge < -0.3 is 10.2 Å². The highest BCUT2D eigenvalue weighted by Crippen LogP contribution is 2.27. The molecule has 0 amide bonds. The summed E-state index contributed by atoms with van der Waals surface area (Å²) in [5.74, 6) is 1.99. The minimum absolute atomic E-state index is 0.542. The first-order valence-corrected chi connectivity index (χ1v) is 8.37. The van der Waals surface area contributed by atoms with E-state index in [4.69, 9.17) is 4.99 Å². The van der Waals surface area contributed by atoms with Gasteiger partial charge in [-0.05, 0) is 52.5 Å². The second-order valence-electron chi connectivity index (χ2n) is 6.61. The molecule has 1 saturated carbocycles. The van der Waals surface area contributed by atoms with Crippen molar-refractivity contribution < 1.29 is 0 Å². The predicted octanol–water partition coefficient (Wildman–Crippen LogP) is 2.17. The Morgan fingerprint density at radius 1 is 1.30 bits per heavy atom. The smallest absolute Gasteiger partial charge is 0.193 e. The predicted molar refractivity (Wildman–Crippen MR) is 86.2 cm³/mol. The number of piperidine rings is 1. The summed E-state index contributed by atoms with van der Waals surface area (Å²) in [6, 6.07) is 1.36. The van der Waals surface area contributed by atoms with Crippen LogP contribution >= 0.6 is 0 Å². The lowest BCUT2D eigenvalue weighted by molar-refractivity contribution is 0.249. The Balaban J connectivity index is 1.87. The molecule has 1 saturated heterocycles. The van der Waals surface area contributed by atoms with Crippen LogP contribution in [0.15, 0.2) is 4.99 Å². The summed E-state index contributed by atoms with van der Waals surface area (Å²) in [5.41, 5.74) is 0.